The van der Waals surface area contributed by atoms with E-state index in [0.717, 1.165) is 32.0 Å². The van der Waals surface area contributed by atoms with E-state index in [9.17, 15) is 8.78 Å². The number of hydrogen-bond donors (Lipinski definition) is 1. The third kappa shape index (κ3) is 4.15. The number of likely N-dealkylation sites (tertiary alicyclic amines) is 1. The Morgan fingerprint density at radius 2 is 2.25 bits per heavy atom. The first-order valence-corrected chi connectivity index (χ1v) is 8.24. The maximum atomic E-state index is 13.9. The largest absolute Gasteiger partial charge is 0.340 e. The molecule has 0 aliphatic carbocycles. The van der Waals surface area contributed by atoms with Gasteiger partial charge < -0.3 is 9.84 Å². The first kappa shape index (κ1) is 17.0. The number of benzene rings is 1. The molecule has 1 aliphatic heterocycles. The van der Waals surface area contributed by atoms with Gasteiger partial charge in [0.25, 0.3) is 0 Å². The lowest BCUT2D eigenvalue weighted by molar-refractivity contribution is 0.171. The van der Waals surface area contributed by atoms with Crippen molar-refractivity contribution < 1.29 is 13.3 Å². The number of hydrogen-bond acceptors (Lipinski definition) is 5. The van der Waals surface area contributed by atoms with Crippen LogP contribution in [0.2, 0.25) is 0 Å². The maximum absolute atomic E-state index is 13.9. The second-order valence-corrected chi connectivity index (χ2v) is 6.36. The zero-order valence-electron chi connectivity index (χ0n) is 13.9. The fraction of sp³-hybridized carbons (Fsp3) is 0.529. The Kier molecular flexibility index (Phi) is 5.20. The predicted octanol–water partition coefficient (Wildman–Crippen LogP) is 2.97. The Balaban J connectivity index is 1.59. The van der Waals surface area contributed by atoms with Crippen LogP contribution in [0.25, 0.3) is 0 Å². The Bertz CT molecular complexity index is 691. The van der Waals surface area contributed by atoms with Crippen LogP contribution in [0.3, 0.4) is 0 Å². The normalized spacial score (nSPS) is 20.2. The van der Waals surface area contributed by atoms with Gasteiger partial charge in [-0.15, -0.1) is 0 Å². The van der Waals surface area contributed by atoms with Gasteiger partial charge in [0, 0.05) is 31.1 Å². The molecule has 130 valence electrons. The van der Waals surface area contributed by atoms with E-state index in [1.54, 1.807) is 6.92 Å². The molecule has 0 amide bonds. The number of halogens is 2. The van der Waals surface area contributed by atoms with Crippen molar-refractivity contribution in [1.82, 2.24) is 20.4 Å². The molecule has 1 saturated heterocycles. The fourth-order valence-electron chi connectivity index (χ4n) is 3.23. The Morgan fingerprint density at radius 3 is 3.00 bits per heavy atom. The Labute approximate surface area is 140 Å². The average Bonchev–Trinajstić information content (AvgIpc) is 2.95. The number of piperidine rings is 1. The summed E-state index contributed by atoms with van der Waals surface area (Å²) < 4.78 is 32.3. The van der Waals surface area contributed by atoms with Gasteiger partial charge in [-0.05, 0) is 44.5 Å². The molecule has 2 aromatic rings. The van der Waals surface area contributed by atoms with E-state index in [4.69, 9.17) is 4.52 Å². The van der Waals surface area contributed by atoms with E-state index >= 15 is 0 Å². The van der Waals surface area contributed by atoms with E-state index < -0.39 is 5.82 Å². The zero-order chi connectivity index (χ0) is 17.1. The molecule has 1 N–H and O–H groups in total. The first-order chi connectivity index (χ1) is 11.5. The molecule has 0 bridgehead atoms. The quantitative estimate of drug-likeness (QED) is 0.910. The van der Waals surface area contributed by atoms with Crippen molar-refractivity contribution in [2.45, 2.75) is 45.3 Å². The highest BCUT2D eigenvalue weighted by Gasteiger charge is 2.23. The minimum absolute atomic E-state index is 0.212. The summed E-state index contributed by atoms with van der Waals surface area (Å²) in [6.45, 7) is 6.05. The standard InChI is InChI=1S/C17H22F2N4O/c1-11(15-8-13(18)5-6-16(15)19)20-14-4-3-7-23(9-14)10-17-21-12(2)24-22-17/h5-6,8,11,14,20H,3-4,7,9-10H2,1-2H3. The van der Waals surface area contributed by atoms with E-state index in [-0.39, 0.29) is 17.9 Å². The number of rotatable bonds is 5. The smallest absolute Gasteiger partial charge is 0.223 e. The molecule has 2 atom stereocenters. The summed E-state index contributed by atoms with van der Waals surface area (Å²) in [4.78, 5) is 6.48. The van der Waals surface area contributed by atoms with Gasteiger partial charge in [-0.2, -0.15) is 4.98 Å². The summed E-state index contributed by atoms with van der Waals surface area (Å²) >= 11 is 0. The van der Waals surface area contributed by atoms with Crippen molar-refractivity contribution in [2.24, 2.45) is 0 Å². The predicted molar refractivity (Wildman–Crippen MR) is 85.2 cm³/mol. The molecule has 0 radical (unpaired) electrons. The molecule has 3 rings (SSSR count). The lowest BCUT2D eigenvalue weighted by atomic mass is 10.0. The maximum Gasteiger partial charge on any atom is 0.223 e. The lowest BCUT2D eigenvalue weighted by Crippen LogP contribution is -2.46. The van der Waals surface area contributed by atoms with Crippen LogP contribution < -0.4 is 5.32 Å². The Morgan fingerprint density at radius 1 is 1.42 bits per heavy atom. The molecular weight excluding hydrogens is 314 g/mol. The molecule has 1 aliphatic rings. The van der Waals surface area contributed by atoms with Crippen LogP contribution in [-0.4, -0.2) is 34.2 Å². The van der Waals surface area contributed by atoms with Gasteiger partial charge in [0.2, 0.25) is 5.89 Å². The third-order valence-electron chi connectivity index (χ3n) is 4.35. The highest BCUT2D eigenvalue weighted by molar-refractivity contribution is 5.22. The van der Waals surface area contributed by atoms with Crippen LogP contribution >= 0.6 is 0 Å². The van der Waals surface area contributed by atoms with Crippen LogP contribution in [0.1, 0.15) is 43.1 Å². The van der Waals surface area contributed by atoms with Gasteiger partial charge in [0.05, 0.1) is 6.54 Å². The molecule has 7 heteroatoms. The van der Waals surface area contributed by atoms with Crippen molar-refractivity contribution in [2.75, 3.05) is 13.1 Å². The molecule has 1 aromatic carbocycles. The van der Waals surface area contributed by atoms with Crippen LogP contribution in [0, 0.1) is 18.6 Å². The van der Waals surface area contributed by atoms with E-state index in [1.807, 2.05) is 6.92 Å². The second kappa shape index (κ2) is 7.36. The zero-order valence-corrected chi connectivity index (χ0v) is 13.9. The SMILES string of the molecule is Cc1nc(CN2CCCC(NC(C)c3cc(F)ccc3F)C2)no1. The monoisotopic (exact) mass is 336 g/mol. The fourth-order valence-corrected chi connectivity index (χ4v) is 3.23. The summed E-state index contributed by atoms with van der Waals surface area (Å²) in [5.41, 5.74) is 0.362. The summed E-state index contributed by atoms with van der Waals surface area (Å²) in [5.74, 6) is 0.438. The molecule has 2 heterocycles. The average molecular weight is 336 g/mol. The van der Waals surface area contributed by atoms with Gasteiger partial charge in [0.15, 0.2) is 5.82 Å². The summed E-state index contributed by atoms with van der Waals surface area (Å²) in [7, 11) is 0. The highest BCUT2D eigenvalue weighted by atomic mass is 19.1. The molecule has 0 saturated carbocycles. The number of nitrogens with zero attached hydrogens (tertiary/aromatic N) is 3. The third-order valence-corrected chi connectivity index (χ3v) is 4.35. The van der Waals surface area contributed by atoms with Gasteiger partial charge in [-0.25, -0.2) is 8.78 Å². The summed E-state index contributed by atoms with van der Waals surface area (Å²) in [6.07, 6.45) is 2.04. The Hall–Kier alpha value is -1.86. The number of nitrogens with one attached hydrogen (secondary N) is 1. The van der Waals surface area contributed by atoms with Crippen molar-refractivity contribution in [1.29, 1.82) is 0 Å². The second-order valence-electron chi connectivity index (χ2n) is 6.36. The lowest BCUT2D eigenvalue weighted by Gasteiger charge is -2.34. The van der Waals surface area contributed by atoms with Crippen molar-refractivity contribution >= 4 is 0 Å². The van der Waals surface area contributed by atoms with Crippen LogP contribution in [0.4, 0.5) is 8.78 Å². The molecule has 1 aromatic heterocycles. The van der Waals surface area contributed by atoms with Gasteiger partial charge >= 0.3 is 0 Å². The molecule has 0 spiro atoms. The minimum atomic E-state index is -0.419. The minimum Gasteiger partial charge on any atom is -0.340 e. The van der Waals surface area contributed by atoms with Crippen LogP contribution in [0.15, 0.2) is 22.7 Å². The van der Waals surface area contributed by atoms with Gasteiger partial charge in [-0.1, -0.05) is 5.16 Å². The molecule has 2 unspecified atom stereocenters. The molecule has 5 nitrogen and oxygen atoms in total. The number of aromatic nitrogens is 2. The van der Waals surface area contributed by atoms with E-state index in [2.05, 4.69) is 20.4 Å². The number of aryl methyl sites for hydroxylation is 1. The van der Waals surface area contributed by atoms with E-state index in [0.29, 0.717) is 23.8 Å². The molecule has 24 heavy (non-hydrogen) atoms. The van der Waals surface area contributed by atoms with Crippen LogP contribution in [-0.2, 0) is 6.54 Å². The first-order valence-electron chi connectivity index (χ1n) is 8.24. The molecular formula is C17H22F2N4O. The van der Waals surface area contributed by atoms with Crippen molar-refractivity contribution in [3.8, 4) is 0 Å². The van der Waals surface area contributed by atoms with Crippen molar-refractivity contribution in [3.63, 3.8) is 0 Å². The van der Waals surface area contributed by atoms with Crippen LogP contribution in [0.5, 0.6) is 0 Å². The topological polar surface area (TPSA) is 54.2 Å². The summed E-state index contributed by atoms with van der Waals surface area (Å²) in [5, 5.41) is 7.34. The highest BCUT2D eigenvalue weighted by Crippen LogP contribution is 2.21. The molecule has 1 fully saturated rings. The van der Waals surface area contributed by atoms with E-state index in [1.165, 1.54) is 12.1 Å². The van der Waals surface area contributed by atoms with Crippen molar-refractivity contribution in [3.05, 3.63) is 47.1 Å². The van der Waals surface area contributed by atoms with Gasteiger partial charge in [-0.3, -0.25) is 4.90 Å². The van der Waals surface area contributed by atoms with Gasteiger partial charge in [0.1, 0.15) is 11.6 Å². The summed E-state index contributed by atoms with van der Waals surface area (Å²) in [6, 6.07) is 3.54.